The second-order valence-electron chi connectivity index (χ2n) is 2.32. The van der Waals surface area contributed by atoms with Gasteiger partial charge in [0.25, 0.3) is 0 Å². The van der Waals surface area contributed by atoms with Crippen molar-refractivity contribution in [1.82, 2.24) is 0 Å². The van der Waals surface area contributed by atoms with Gasteiger partial charge in [-0.2, -0.15) is 0 Å². The topological polar surface area (TPSA) is 57.5 Å². The van der Waals surface area contributed by atoms with Crippen molar-refractivity contribution in [2.24, 2.45) is 0 Å². The Morgan fingerprint density at radius 1 is 1.27 bits per heavy atom. The second-order valence-corrected chi connectivity index (χ2v) is 2.88. The van der Waals surface area contributed by atoms with Crippen LogP contribution in [-0.4, -0.2) is 28.1 Å². The van der Waals surface area contributed by atoms with Crippen molar-refractivity contribution in [1.29, 1.82) is 0 Å². The van der Waals surface area contributed by atoms with Crippen molar-refractivity contribution < 1.29 is 15.0 Å². The van der Waals surface area contributed by atoms with Crippen LogP contribution in [0.15, 0.2) is 30.3 Å². The minimum absolute atomic E-state index is 0.0361. The third-order valence-electron chi connectivity index (χ3n) is 1.29. The fourth-order valence-corrected chi connectivity index (χ4v) is 0.882. The minimum Gasteiger partial charge on any atom is -0.478 e. The highest BCUT2D eigenvalue weighted by Gasteiger charge is 1.96. The molecule has 1 aromatic carbocycles. The monoisotopic (exact) mass is 270 g/mol. The summed E-state index contributed by atoms with van der Waals surface area (Å²) in [4.78, 5) is 10.2. The molecule has 1 aromatic rings. The Morgan fingerprint density at radius 3 is 2.13 bits per heavy atom. The molecule has 2 N–H and O–H groups in total. The van der Waals surface area contributed by atoms with Gasteiger partial charge in [-0.3, -0.25) is 0 Å². The van der Waals surface area contributed by atoms with Crippen molar-refractivity contribution in [3.05, 3.63) is 35.9 Å². The lowest BCUT2D eigenvalue weighted by Crippen LogP contribution is -1.93. The summed E-state index contributed by atoms with van der Waals surface area (Å²) in [7, 11) is 0. The quantitative estimate of drug-likeness (QED) is 0.604. The van der Waals surface area contributed by atoms with Crippen LogP contribution in [0.2, 0.25) is 0 Å². The van der Waals surface area contributed by atoms with E-state index < -0.39 is 5.97 Å². The van der Waals surface area contributed by atoms with Gasteiger partial charge in [0.15, 0.2) is 0 Å². The first kappa shape index (κ1) is 13.7. The van der Waals surface area contributed by atoms with E-state index in [4.69, 9.17) is 10.2 Å². The van der Waals surface area contributed by atoms with Gasteiger partial charge in [0.05, 0.1) is 10.9 Å². The average molecular weight is 271 g/mol. The third-order valence-corrected chi connectivity index (χ3v) is 1.57. The van der Waals surface area contributed by atoms with Gasteiger partial charge in [0.2, 0.25) is 0 Å². The molecule has 0 spiro atoms. The van der Waals surface area contributed by atoms with Crippen LogP contribution in [-0.2, 0) is 0 Å². The van der Waals surface area contributed by atoms with E-state index in [1.54, 1.807) is 30.3 Å². The number of benzene rings is 1. The SMILES string of the molecule is O=C(O)c1ccccc1.OCC#CCBr. The smallest absolute Gasteiger partial charge is 0.335 e. The van der Waals surface area contributed by atoms with Crippen LogP contribution in [0.25, 0.3) is 0 Å². The summed E-state index contributed by atoms with van der Waals surface area (Å²) in [5.74, 6) is 4.19. The Balaban J connectivity index is 0.000000288. The van der Waals surface area contributed by atoms with Crippen molar-refractivity contribution in [3.8, 4) is 11.8 Å². The number of aromatic carboxylic acids is 1. The van der Waals surface area contributed by atoms with Crippen LogP contribution in [0, 0.1) is 11.8 Å². The number of carboxylic acids is 1. The van der Waals surface area contributed by atoms with Gasteiger partial charge in [-0.25, -0.2) is 4.79 Å². The highest BCUT2D eigenvalue weighted by molar-refractivity contribution is 9.09. The summed E-state index contributed by atoms with van der Waals surface area (Å²) in [6.07, 6.45) is 0. The van der Waals surface area contributed by atoms with Crippen molar-refractivity contribution in [2.45, 2.75) is 0 Å². The van der Waals surface area contributed by atoms with E-state index in [0.29, 0.717) is 10.9 Å². The Labute approximate surface area is 96.9 Å². The minimum atomic E-state index is -0.879. The zero-order chi connectivity index (χ0) is 11.5. The normalized spacial score (nSPS) is 7.87. The zero-order valence-corrected chi connectivity index (χ0v) is 9.57. The van der Waals surface area contributed by atoms with Crippen molar-refractivity contribution in [3.63, 3.8) is 0 Å². The first-order valence-corrected chi connectivity index (χ1v) is 5.25. The Morgan fingerprint density at radius 2 is 1.87 bits per heavy atom. The molecule has 80 valence electrons. The van der Waals surface area contributed by atoms with Crippen LogP contribution in [0.4, 0.5) is 0 Å². The molecule has 0 amide bonds. The van der Waals surface area contributed by atoms with E-state index in [2.05, 4.69) is 27.8 Å². The largest absolute Gasteiger partial charge is 0.478 e. The molecule has 0 fully saturated rings. The lowest BCUT2D eigenvalue weighted by Gasteiger charge is -1.88. The maximum Gasteiger partial charge on any atom is 0.335 e. The van der Waals surface area contributed by atoms with E-state index in [0.717, 1.165) is 0 Å². The summed E-state index contributed by atoms with van der Waals surface area (Å²) in [6, 6.07) is 8.30. The number of halogens is 1. The third kappa shape index (κ3) is 7.74. The molecule has 0 aliphatic rings. The van der Waals surface area contributed by atoms with Gasteiger partial charge in [0, 0.05) is 0 Å². The summed E-state index contributed by atoms with van der Waals surface area (Å²) in [5, 5.41) is 17.0. The number of carboxylic acid groups (broad SMARTS) is 1. The molecule has 0 atom stereocenters. The van der Waals surface area contributed by atoms with Gasteiger partial charge in [-0.1, -0.05) is 46.0 Å². The van der Waals surface area contributed by atoms with E-state index in [1.165, 1.54) is 0 Å². The molecular weight excluding hydrogens is 260 g/mol. The molecular formula is C11H11BrO3. The van der Waals surface area contributed by atoms with E-state index in [9.17, 15) is 4.79 Å². The number of carbonyl (C=O) groups is 1. The van der Waals surface area contributed by atoms with Crippen molar-refractivity contribution in [2.75, 3.05) is 11.9 Å². The van der Waals surface area contributed by atoms with Gasteiger partial charge >= 0.3 is 5.97 Å². The Hall–Kier alpha value is -1.31. The molecule has 0 heterocycles. The molecule has 15 heavy (non-hydrogen) atoms. The van der Waals surface area contributed by atoms with Crippen LogP contribution in [0.5, 0.6) is 0 Å². The lowest BCUT2D eigenvalue weighted by molar-refractivity contribution is 0.0697. The molecule has 0 aromatic heterocycles. The number of alkyl halides is 1. The first-order valence-electron chi connectivity index (χ1n) is 4.13. The zero-order valence-electron chi connectivity index (χ0n) is 7.98. The molecule has 4 heteroatoms. The van der Waals surface area contributed by atoms with Gasteiger partial charge in [-0.05, 0) is 12.1 Å². The summed E-state index contributed by atoms with van der Waals surface area (Å²) < 4.78 is 0. The number of rotatable bonds is 1. The van der Waals surface area contributed by atoms with Gasteiger partial charge in [-0.15, -0.1) is 0 Å². The van der Waals surface area contributed by atoms with Crippen molar-refractivity contribution >= 4 is 21.9 Å². The fourth-order valence-electron chi connectivity index (χ4n) is 0.684. The lowest BCUT2D eigenvalue weighted by atomic mass is 10.2. The van der Waals surface area contributed by atoms with E-state index >= 15 is 0 Å². The fraction of sp³-hybridized carbons (Fsp3) is 0.182. The number of hydrogen-bond donors (Lipinski definition) is 2. The molecule has 0 radical (unpaired) electrons. The van der Waals surface area contributed by atoms with Crippen LogP contribution in [0.3, 0.4) is 0 Å². The maximum absolute atomic E-state index is 10.2. The summed E-state index contributed by atoms with van der Waals surface area (Å²) in [5.41, 5.74) is 0.331. The van der Waals surface area contributed by atoms with E-state index in [-0.39, 0.29) is 6.61 Å². The summed E-state index contributed by atoms with van der Waals surface area (Å²) >= 11 is 3.07. The molecule has 0 aliphatic heterocycles. The number of aliphatic hydroxyl groups is 1. The molecule has 3 nitrogen and oxygen atoms in total. The maximum atomic E-state index is 10.2. The highest BCUT2D eigenvalue weighted by atomic mass is 79.9. The van der Waals surface area contributed by atoms with Crippen LogP contribution < -0.4 is 0 Å². The first-order chi connectivity index (χ1) is 7.22. The average Bonchev–Trinajstić information content (AvgIpc) is 2.28. The molecule has 0 unspecified atom stereocenters. The molecule has 0 saturated carbocycles. The van der Waals surface area contributed by atoms with Crippen LogP contribution in [0.1, 0.15) is 10.4 Å². The van der Waals surface area contributed by atoms with Gasteiger partial charge in [0.1, 0.15) is 6.61 Å². The molecule has 0 bridgehead atoms. The van der Waals surface area contributed by atoms with E-state index in [1.807, 2.05) is 0 Å². The van der Waals surface area contributed by atoms with Gasteiger partial charge < -0.3 is 10.2 Å². The van der Waals surface area contributed by atoms with Crippen LogP contribution >= 0.6 is 15.9 Å². The predicted molar refractivity (Wildman–Crippen MR) is 62.1 cm³/mol. The standard InChI is InChI=1S/C7H6O2.C4H5BrO/c8-7(9)6-4-2-1-3-5-6;5-3-1-2-4-6/h1-5H,(H,8,9);6H,3-4H2. The number of hydrogen-bond acceptors (Lipinski definition) is 2. The second kappa shape index (κ2) is 9.25. The number of aliphatic hydroxyl groups excluding tert-OH is 1. The summed E-state index contributed by atoms with van der Waals surface area (Å²) in [6.45, 7) is -0.0361. The molecule has 0 aliphatic carbocycles. The highest BCUT2D eigenvalue weighted by Crippen LogP contribution is 1.96. The molecule has 0 saturated heterocycles. The Kier molecular flexibility index (Phi) is 8.44. The Bertz CT molecular complexity index is 330. The predicted octanol–water partition coefficient (Wildman–Crippen LogP) is 1.76. The molecule has 1 rings (SSSR count).